The van der Waals surface area contributed by atoms with Gasteiger partial charge in [0.1, 0.15) is 17.4 Å². The first kappa shape index (κ1) is 8.79. The third-order valence-corrected chi connectivity index (χ3v) is 2.06. The lowest BCUT2D eigenvalue weighted by Crippen LogP contribution is -1.92. The van der Waals surface area contributed by atoms with E-state index in [0.717, 1.165) is 11.0 Å². The third-order valence-electron chi connectivity index (χ3n) is 2.06. The van der Waals surface area contributed by atoms with Crippen LogP contribution in [0.15, 0.2) is 34.7 Å². The predicted molar refractivity (Wildman–Crippen MR) is 51.4 cm³/mol. The Labute approximate surface area is 81.2 Å². The summed E-state index contributed by atoms with van der Waals surface area (Å²) < 4.78 is 5.38. The number of rotatable bonds is 2. The zero-order valence-electron chi connectivity index (χ0n) is 7.47. The van der Waals surface area contributed by atoms with Crippen LogP contribution in [0.3, 0.4) is 0 Å². The molecule has 3 nitrogen and oxygen atoms in total. The van der Waals surface area contributed by atoms with Gasteiger partial charge in [0.15, 0.2) is 0 Å². The summed E-state index contributed by atoms with van der Waals surface area (Å²) in [4.78, 5) is 0. The highest BCUT2D eigenvalue weighted by Crippen LogP contribution is 2.24. The first-order chi connectivity index (χ1) is 6.81. The molecule has 0 spiro atoms. The average Bonchev–Trinajstić information content (AvgIpc) is 2.61. The van der Waals surface area contributed by atoms with Gasteiger partial charge >= 0.3 is 0 Å². The molecule has 3 heteroatoms. The highest BCUT2D eigenvalue weighted by atomic mass is 16.4. The summed E-state index contributed by atoms with van der Waals surface area (Å²) >= 11 is 0. The molecule has 0 fully saturated rings. The van der Waals surface area contributed by atoms with Gasteiger partial charge in [-0.1, -0.05) is 18.2 Å². The van der Waals surface area contributed by atoms with E-state index >= 15 is 0 Å². The zero-order valence-corrected chi connectivity index (χ0v) is 7.47. The van der Waals surface area contributed by atoms with Gasteiger partial charge in [-0.15, -0.1) is 0 Å². The summed E-state index contributed by atoms with van der Waals surface area (Å²) in [5, 5.41) is 18.9. The van der Waals surface area contributed by atoms with Crippen LogP contribution in [0.1, 0.15) is 18.3 Å². The molecule has 0 aliphatic carbocycles. The predicted octanol–water partition coefficient (Wildman–Crippen LogP) is 2.38. The van der Waals surface area contributed by atoms with Gasteiger partial charge in [0, 0.05) is 5.39 Å². The lowest BCUT2D eigenvalue weighted by Gasteiger charge is -1.99. The van der Waals surface area contributed by atoms with E-state index in [2.05, 4.69) is 0 Å². The van der Waals surface area contributed by atoms with E-state index in [9.17, 15) is 5.11 Å². The number of nitriles is 1. The highest BCUT2D eigenvalue weighted by Gasteiger charge is 2.12. The maximum atomic E-state index is 9.51. The van der Waals surface area contributed by atoms with E-state index in [1.165, 1.54) is 0 Å². The van der Waals surface area contributed by atoms with Gasteiger partial charge in [0.25, 0.3) is 0 Å². The maximum Gasteiger partial charge on any atom is 0.134 e. The largest absolute Gasteiger partial charge is 0.458 e. The van der Waals surface area contributed by atoms with Crippen molar-refractivity contribution in [1.29, 1.82) is 5.26 Å². The average molecular weight is 187 g/mol. The van der Waals surface area contributed by atoms with Crippen molar-refractivity contribution in [2.24, 2.45) is 0 Å². The lowest BCUT2D eigenvalue weighted by atomic mass is 10.2. The number of para-hydroxylation sites is 1. The summed E-state index contributed by atoms with van der Waals surface area (Å²) in [5.41, 5.74) is 0.736. The summed E-state index contributed by atoms with van der Waals surface area (Å²) in [5.74, 6) is 0.452. The minimum absolute atomic E-state index is 0.0554. The molecule has 2 aromatic rings. The number of hydrogen-bond donors (Lipinski definition) is 1. The lowest BCUT2D eigenvalue weighted by molar-refractivity contribution is 0.157. The van der Waals surface area contributed by atoms with Gasteiger partial charge in [0.05, 0.1) is 12.5 Å². The van der Waals surface area contributed by atoms with E-state index in [1.807, 2.05) is 30.3 Å². The van der Waals surface area contributed by atoms with Crippen LogP contribution < -0.4 is 0 Å². The summed E-state index contributed by atoms with van der Waals surface area (Å²) in [6, 6.07) is 11.2. The molecule has 1 atom stereocenters. The molecule has 14 heavy (non-hydrogen) atoms. The van der Waals surface area contributed by atoms with Crippen LogP contribution in [0, 0.1) is 11.3 Å². The molecule has 1 N–H and O–H groups in total. The molecule has 1 aromatic heterocycles. The number of aliphatic hydroxyl groups excluding tert-OH is 1. The van der Waals surface area contributed by atoms with Gasteiger partial charge in [-0.25, -0.2) is 0 Å². The molecular formula is C11H9NO2. The Bertz CT molecular complexity index is 448. The second-order valence-electron chi connectivity index (χ2n) is 3.06. The van der Waals surface area contributed by atoms with Gasteiger partial charge in [0.2, 0.25) is 0 Å². The molecular weight excluding hydrogens is 178 g/mol. The van der Waals surface area contributed by atoms with Crippen molar-refractivity contribution >= 4 is 11.0 Å². The molecule has 0 bridgehead atoms. The monoisotopic (exact) mass is 187 g/mol. The number of benzene rings is 1. The van der Waals surface area contributed by atoms with Crippen molar-refractivity contribution in [2.45, 2.75) is 12.5 Å². The highest BCUT2D eigenvalue weighted by molar-refractivity contribution is 5.77. The van der Waals surface area contributed by atoms with Crippen molar-refractivity contribution in [3.05, 3.63) is 36.1 Å². The Kier molecular flexibility index (Phi) is 2.21. The molecule has 0 amide bonds. The molecule has 70 valence electrons. The molecule has 0 saturated heterocycles. The van der Waals surface area contributed by atoms with Crippen LogP contribution in [0.5, 0.6) is 0 Å². The van der Waals surface area contributed by atoms with Crippen LogP contribution >= 0.6 is 0 Å². The Balaban J connectivity index is 2.41. The van der Waals surface area contributed by atoms with Crippen molar-refractivity contribution in [3.63, 3.8) is 0 Å². The molecule has 1 heterocycles. The summed E-state index contributed by atoms with van der Waals surface area (Å²) in [6.45, 7) is 0. The number of aliphatic hydroxyl groups is 1. The Morgan fingerprint density at radius 1 is 1.43 bits per heavy atom. The van der Waals surface area contributed by atoms with Crippen molar-refractivity contribution in [2.75, 3.05) is 0 Å². The first-order valence-electron chi connectivity index (χ1n) is 4.35. The zero-order chi connectivity index (χ0) is 9.97. The summed E-state index contributed by atoms with van der Waals surface area (Å²) in [7, 11) is 0. The van der Waals surface area contributed by atoms with Crippen LogP contribution in [0.4, 0.5) is 0 Å². The smallest absolute Gasteiger partial charge is 0.134 e. The minimum Gasteiger partial charge on any atom is -0.458 e. The van der Waals surface area contributed by atoms with Crippen molar-refractivity contribution in [3.8, 4) is 6.07 Å². The quantitative estimate of drug-likeness (QED) is 0.785. The second kappa shape index (κ2) is 3.52. The van der Waals surface area contributed by atoms with Crippen molar-refractivity contribution in [1.82, 2.24) is 0 Å². The number of nitrogens with zero attached hydrogens (tertiary/aromatic N) is 1. The van der Waals surface area contributed by atoms with E-state index in [0.29, 0.717) is 5.76 Å². The van der Waals surface area contributed by atoms with E-state index < -0.39 is 6.10 Å². The van der Waals surface area contributed by atoms with Gasteiger partial charge in [-0.05, 0) is 12.1 Å². The van der Waals surface area contributed by atoms with Gasteiger partial charge in [-0.2, -0.15) is 5.26 Å². The van der Waals surface area contributed by atoms with E-state index in [1.54, 1.807) is 6.07 Å². The first-order valence-corrected chi connectivity index (χ1v) is 4.35. The fourth-order valence-electron chi connectivity index (χ4n) is 1.35. The van der Waals surface area contributed by atoms with Gasteiger partial charge < -0.3 is 9.52 Å². The van der Waals surface area contributed by atoms with Crippen molar-refractivity contribution < 1.29 is 9.52 Å². The van der Waals surface area contributed by atoms with Gasteiger partial charge in [-0.3, -0.25) is 0 Å². The number of fused-ring (bicyclic) bond motifs is 1. The summed E-state index contributed by atoms with van der Waals surface area (Å²) in [6.07, 6.45) is -0.771. The third kappa shape index (κ3) is 1.48. The molecule has 1 aromatic carbocycles. The second-order valence-corrected chi connectivity index (χ2v) is 3.06. The maximum absolute atomic E-state index is 9.51. The minimum atomic E-state index is -0.826. The van der Waals surface area contributed by atoms with Crippen LogP contribution in [0.2, 0.25) is 0 Å². The molecule has 0 saturated carbocycles. The SMILES string of the molecule is N#CCC(O)c1cc2ccccc2o1. The van der Waals surface area contributed by atoms with Crippen LogP contribution in [-0.4, -0.2) is 5.11 Å². The normalized spacial score (nSPS) is 12.6. The topological polar surface area (TPSA) is 57.2 Å². The molecule has 0 radical (unpaired) electrons. The molecule has 0 aliphatic heterocycles. The standard InChI is InChI=1S/C11H9NO2/c12-6-5-9(13)11-7-8-3-1-2-4-10(8)14-11/h1-4,7,9,13H,5H2. The Hall–Kier alpha value is -1.79. The van der Waals surface area contributed by atoms with Crippen LogP contribution in [-0.2, 0) is 0 Å². The van der Waals surface area contributed by atoms with E-state index in [4.69, 9.17) is 9.68 Å². The molecule has 1 unspecified atom stereocenters. The van der Waals surface area contributed by atoms with E-state index in [-0.39, 0.29) is 6.42 Å². The Morgan fingerprint density at radius 3 is 2.93 bits per heavy atom. The molecule has 2 rings (SSSR count). The molecule has 0 aliphatic rings. The Morgan fingerprint density at radius 2 is 2.21 bits per heavy atom. The fourth-order valence-corrected chi connectivity index (χ4v) is 1.35. The fraction of sp³-hybridized carbons (Fsp3) is 0.182. The number of furan rings is 1. The van der Waals surface area contributed by atoms with Crippen LogP contribution in [0.25, 0.3) is 11.0 Å². The number of hydrogen-bond acceptors (Lipinski definition) is 3.